The van der Waals surface area contributed by atoms with Crippen molar-refractivity contribution < 1.29 is 4.74 Å². The minimum Gasteiger partial charge on any atom is -0.382 e. The first-order valence-electron chi connectivity index (χ1n) is 5.27. The van der Waals surface area contributed by atoms with Crippen molar-refractivity contribution in [3.63, 3.8) is 0 Å². The highest BCUT2D eigenvalue weighted by atomic mass is 16.5. The third-order valence-corrected chi connectivity index (χ3v) is 2.69. The molecule has 16 heavy (non-hydrogen) atoms. The molecule has 1 heterocycles. The molecule has 0 bridgehead atoms. The number of fused-ring (bicyclic) bond motifs is 1. The van der Waals surface area contributed by atoms with Gasteiger partial charge >= 0.3 is 0 Å². The number of nitrogens with two attached hydrogens (primary N) is 1. The molecule has 0 saturated heterocycles. The van der Waals surface area contributed by atoms with E-state index >= 15 is 0 Å². The predicted molar refractivity (Wildman–Crippen MR) is 65.2 cm³/mol. The van der Waals surface area contributed by atoms with E-state index in [9.17, 15) is 0 Å². The summed E-state index contributed by atoms with van der Waals surface area (Å²) in [7, 11) is 1.66. The van der Waals surface area contributed by atoms with Gasteiger partial charge in [-0.2, -0.15) is 0 Å². The Hall–Kier alpha value is -1.45. The maximum atomic E-state index is 6.25. The van der Waals surface area contributed by atoms with E-state index in [1.54, 1.807) is 13.3 Å². The van der Waals surface area contributed by atoms with Crippen molar-refractivity contribution in [3.8, 4) is 0 Å². The summed E-state index contributed by atoms with van der Waals surface area (Å²) in [6.07, 6.45) is 1.79. The molecule has 0 fully saturated rings. The molecule has 0 aliphatic rings. The van der Waals surface area contributed by atoms with Gasteiger partial charge in [0.1, 0.15) is 0 Å². The van der Waals surface area contributed by atoms with E-state index in [2.05, 4.69) is 4.98 Å². The summed E-state index contributed by atoms with van der Waals surface area (Å²) < 4.78 is 5.16. The molecule has 0 aliphatic carbocycles. The summed E-state index contributed by atoms with van der Waals surface area (Å²) >= 11 is 0. The normalized spacial score (nSPS) is 14.9. The number of hydrogen-bond acceptors (Lipinski definition) is 3. The van der Waals surface area contributed by atoms with Crippen LogP contribution in [-0.2, 0) is 10.3 Å². The molecule has 1 aromatic heterocycles. The molecule has 0 spiro atoms. The van der Waals surface area contributed by atoms with Gasteiger partial charge in [-0.05, 0) is 13.0 Å². The first kappa shape index (κ1) is 11.0. The molecule has 2 rings (SSSR count). The fourth-order valence-electron chi connectivity index (χ4n) is 1.94. The van der Waals surface area contributed by atoms with E-state index in [-0.39, 0.29) is 0 Å². The largest absolute Gasteiger partial charge is 0.382 e. The van der Waals surface area contributed by atoms with Crippen molar-refractivity contribution >= 4 is 10.9 Å². The third kappa shape index (κ3) is 1.92. The van der Waals surface area contributed by atoms with Crippen LogP contribution in [0.25, 0.3) is 10.9 Å². The minimum atomic E-state index is -0.511. The maximum Gasteiger partial charge on any atom is 0.0753 e. The zero-order chi connectivity index (χ0) is 11.6. The van der Waals surface area contributed by atoms with Crippen molar-refractivity contribution in [2.75, 3.05) is 13.7 Å². The second kappa shape index (κ2) is 4.20. The van der Waals surface area contributed by atoms with Gasteiger partial charge in [-0.1, -0.05) is 24.3 Å². The number of pyridine rings is 1. The molecule has 0 aliphatic heterocycles. The summed E-state index contributed by atoms with van der Waals surface area (Å²) in [5.74, 6) is 0. The van der Waals surface area contributed by atoms with E-state index in [0.717, 1.165) is 16.5 Å². The van der Waals surface area contributed by atoms with E-state index in [0.29, 0.717) is 6.61 Å². The molecule has 2 N–H and O–H groups in total. The molecule has 0 amide bonds. The monoisotopic (exact) mass is 216 g/mol. The third-order valence-electron chi connectivity index (χ3n) is 2.69. The van der Waals surface area contributed by atoms with Crippen LogP contribution in [0.5, 0.6) is 0 Å². The summed E-state index contributed by atoms with van der Waals surface area (Å²) in [6.45, 7) is 2.43. The lowest BCUT2D eigenvalue weighted by molar-refractivity contribution is 0.141. The van der Waals surface area contributed by atoms with Gasteiger partial charge in [0.05, 0.1) is 17.7 Å². The van der Waals surface area contributed by atoms with Gasteiger partial charge in [-0.3, -0.25) is 4.98 Å². The topological polar surface area (TPSA) is 48.1 Å². The van der Waals surface area contributed by atoms with E-state index < -0.39 is 5.54 Å². The number of hydrogen-bond donors (Lipinski definition) is 1. The van der Waals surface area contributed by atoms with Gasteiger partial charge in [-0.15, -0.1) is 0 Å². The number of benzene rings is 1. The Kier molecular flexibility index (Phi) is 2.90. The molecule has 1 unspecified atom stereocenters. The Balaban J connectivity index is 2.60. The van der Waals surface area contributed by atoms with Crippen molar-refractivity contribution in [3.05, 3.63) is 42.1 Å². The second-order valence-electron chi connectivity index (χ2n) is 4.23. The molecule has 84 valence electrons. The van der Waals surface area contributed by atoms with Gasteiger partial charge in [0.2, 0.25) is 0 Å². The maximum absolute atomic E-state index is 6.25. The zero-order valence-electron chi connectivity index (χ0n) is 9.60. The van der Waals surface area contributed by atoms with E-state index in [1.807, 2.05) is 37.3 Å². The van der Waals surface area contributed by atoms with Crippen LogP contribution < -0.4 is 5.73 Å². The highest BCUT2D eigenvalue weighted by Gasteiger charge is 2.23. The average Bonchev–Trinajstić information content (AvgIpc) is 2.28. The summed E-state index contributed by atoms with van der Waals surface area (Å²) in [4.78, 5) is 4.39. The Morgan fingerprint density at radius 3 is 2.81 bits per heavy atom. The summed E-state index contributed by atoms with van der Waals surface area (Å²) in [5, 5.41) is 1.10. The molecular weight excluding hydrogens is 200 g/mol. The molecular formula is C13H16N2O. The Morgan fingerprint density at radius 1 is 1.31 bits per heavy atom. The number of para-hydroxylation sites is 1. The highest BCUT2D eigenvalue weighted by molar-refractivity contribution is 5.82. The van der Waals surface area contributed by atoms with E-state index in [1.165, 1.54) is 0 Å². The average molecular weight is 216 g/mol. The number of nitrogens with zero attached hydrogens (tertiary/aromatic N) is 1. The molecule has 0 saturated carbocycles. The highest BCUT2D eigenvalue weighted by Crippen LogP contribution is 2.25. The van der Waals surface area contributed by atoms with Crippen molar-refractivity contribution in [1.29, 1.82) is 0 Å². The van der Waals surface area contributed by atoms with Crippen LogP contribution >= 0.6 is 0 Å². The van der Waals surface area contributed by atoms with Gasteiger partial charge in [0.25, 0.3) is 0 Å². The fraction of sp³-hybridized carbons (Fsp3) is 0.308. The molecule has 2 aromatic rings. The second-order valence-corrected chi connectivity index (χ2v) is 4.23. The van der Waals surface area contributed by atoms with Gasteiger partial charge in [0.15, 0.2) is 0 Å². The molecule has 1 aromatic carbocycles. The van der Waals surface area contributed by atoms with Gasteiger partial charge in [0, 0.05) is 24.3 Å². The van der Waals surface area contributed by atoms with Crippen LogP contribution in [-0.4, -0.2) is 18.7 Å². The molecule has 0 radical (unpaired) electrons. The fourth-order valence-corrected chi connectivity index (χ4v) is 1.94. The van der Waals surface area contributed by atoms with Crippen LogP contribution in [0.15, 0.2) is 36.5 Å². The van der Waals surface area contributed by atoms with Crippen LogP contribution in [0, 0.1) is 0 Å². The smallest absolute Gasteiger partial charge is 0.0753 e. The van der Waals surface area contributed by atoms with Crippen LogP contribution in [0.1, 0.15) is 12.5 Å². The molecule has 1 atom stereocenters. The lowest BCUT2D eigenvalue weighted by Crippen LogP contribution is -2.38. The predicted octanol–water partition coefficient (Wildman–Crippen LogP) is 2.06. The minimum absolute atomic E-state index is 0.475. The first-order valence-corrected chi connectivity index (χ1v) is 5.27. The standard InChI is InChI=1S/C13H16N2O/c1-13(14,9-16-2)11-7-3-5-10-6-4-8-15-12(10)11/h3-8H,9,14H2,1-2H3. The van der Waals surface area contributed by atoms with Crippen LogP contribution in [0.3, 0.4) is 0 Å². The van der Waals surface area contributed by atoms with E-state index in [4.69, 9.17) is 10.5 Å². The van der Waals surface area contributed by atoms with Crippen LogP contribution in [0.4, 0.5) is 0 Å². The first-order chi connectivity index (χ1) is 7.65. The Bertz CT molecular complexity index is 489. The number of ether oxygens (including phenoxy) is 1. The molecule has 3 nitrogen and oxygen atoms in total. The molecule has 3 heteroatoms. The van der Waals surface area contributed by atoms with Gasteiger partial charge < -0.3 is 10.5 Å². The zero-order valence-corrected chi connectivity index (χ0v) is 9.60. The lowest BCUT2D eigenvalue weighted by Gasteiger charge is -2.25. The number of methoxy groups -OCH3 is 1. The van der Waals surface area contributed by atoms with Crippen molar-refractivity contribution in [2.45, 2.75) is 12.5 Å². The van der Waals surface area contributed by atoms with Crippen molar-refractivity contribution in [1.82, 2.24) is 4.98 Å². The quantitative estimate of drug-likeness (QED) is 0.854. The number of rotatable bonds is 3. The Labute approximate surface area is 95.2 Å². The van der Waals surface area contributed by atoms with Crippen molar-refractivity contribution in [2.24, 2.45) is 5.73 Å². The summed E-state index contributed by atoms with van der Waals surface area (Å²) in [5.41, 5.74) is 7.71. The lowest BCUT2D eigenvalue weighted by atomic mass is 9.92. The summed E-state index contributed by atoms with van der Waals surface area (Å²) in [6, 6.07) is 10.0. The Morgan fingerprint density at radius 2 is 2.06 bits per heavy atom. The number of aromatic nitrogens is 1. The van der Waals surface area contributed by atoms with Crippen LogP contribution in [0.2, 0.25) is 0 Å². The SMILES string of the molecule is COCC(C)(N)c1cccc2cccnc12. The van der Waals surface area contributed by atoms with Gasteiger partial charge in [-0.25, -0.2) is 0 Å².